The van der Waals surface area contributed by atoms with E-state index < -0.39 is 47.1 Å². The van der Waals surface area contributed by atoms with Gasteiger partial charge in [-0.05, 0) is 18.2 Å². The number of aromatic nitrogens is 2. The van der Waals surface area contributed by atoms with Crippen LogP contribution in [0, 0.1) is 29.1 Å². The molecule has 1 N–H and O–H groups in total. The molecule has 0 bridgehead atoms. The fourth-order valence-corrected chi connectivity index (χ4v) is 2.82. The molecule has 0 aliphatic rings. The second kappa shape index (κ2) is 7.76. The Kier molecular flexibility index (Phi) is 5.57. The van der Waals surface area contributed by atoms with Crippen LogP contribution in [0.25, 0.3) is 0 Å². The largest absolute Gasteiger partial charge is 0.305 e. The zero-order chi connectivity index (χ0) is 20.6. The predicted molar refractivity (Wildman–Crippen MR) is 92.0 cm³/mol. The molecule has 0 unspecified atom stereocenters. The van der Waals surface area contributed by atoms with Crippen LogP contribution in [0.15, 0.2) is 30.5 Å². The van der Waals surface area contributed by atoms with E-state index in [1.807, 2.05) is 0 Å². The van der Waals surface area contributed by atoms with Crippen LogP contribution >= 0.6 is 23.2 Å². The van der Waals surface area contributed by atoms with Gasteiger partial charge >= 0.3 is 0 Å². The van der Waals surface area contributed by atoms with Gasteiger partial charge < -0.3 is 5.32 Å². The van der Waals surface area contributed by atoms with Gasteiger partial charge in [0.15, 0.2) is 29.1 Å². The molecule has 3 rings (SSSR count). The third-order valence-corrected chi connectivity index (χ3v) is 4.23. The summed E-state index contributed by atoms with van der Waals surface area (Å²) in [4.78, 5) is 12.2. The Hall–Kier alpha value is -2.65. The summed E-state index contributed by atoms with van der Waals surface area (Å²) in [5.41, 5.74) is -0.960. The molecule has 146 valence electrons. The van der Waals surface area contributed by atoms with E-state index in [1.54, 1.807) is 0 Å². The van der Waals surface area contributed by atoms with Gasteiger partial charge in [0, 0.05) is 17.3 Å². The number of anilines is 1. The summed E-state index contributed by atoms with van der Waals surface area (Å²) in [6.07, 6.45) is 1.19. The smallest absolute Gasteiger partial charge is 0.258 e. The summed E-state index contributed by atoms with van der Waals surface area (Å²) in [5, 5.41) is 6.63. The van der Waals surface area contributed by atoms with Gasteiger partial charge in [-0.1, -0.05) is 23.2 Å². The number of nitrogens with zero attached hydrogens (tertiary/aromatic N) is 2. The van der Waals surface area contributed by atoms with E-state index in [0.29, 0.717) is 5.02 Å². The summed E-state index contributed by atoms with van der Waals surface area (Å²) in [5.74, 6) is -10.9. The Bertz CT molecular complexity index is 1060. The molecule has 0 radical (unpaired) electrons. The van der Waals surface area contributed by atoms with Gasteiger partial charge in [0.05, 0.1) is 22.7 Å². The predicted octanol–water partition coefficient (Wildman–Crippen LogP) is 5.19. The average Bonchev–Trinajstić information content (AvgIpc) is 3.08. The molecule has 1 aromatic heterocycles. The molecule has 11 heteroatoms. The molecule has 0 aliphatic carbocycles. The molecule has 0 saturated carbocycles. The van der Waals surface area contributed by atoms with Crippen LogP contribution in [0.3, 0.4) is 0 Å². The van der Waals surface area contributed by atoms with Crippen molar-refractivity contribution in [2.75, 3.05) is 5.32 Å². The Morgan fingerprint density at radius 1 is 0.964 bits per heavy atom. The number of hydrogen-bond acceptors (Lipinski definition) is 2. The van der Waals surface area contributed by atoms with E-state index in [-0.39, 0.29) is 16.4 Å². The van der Waals surface area contributed by atoms with Crippen LogP contribution in [0.1, 0.15) is 15.9 Å². The summed E-state index contributed by atoms with van der Waals surface area (Å²) < 4.78 is 68.0. The first-order chi connectivity index (χ1) is 13.2. The Morgan fingerprint density at radius 2 is 1.57 bits per heavy atom. The van der Waals surface area contributed by atoms with Crippen LogP contribution in [0.4, 0.5) is 27.8 Å². The van der Waals surface area contributed by atoms with Crippen molar-refractivity contribution in [3.8, 4) is 0 Å². The zero-order valence-corrected chi connectivity index (χ0v) is 15.1. The lowest BCUT2D eigenvalue weighted by Crippen LogP contribution is -2.14. The maximum absolute atomic E-state index is 13.7. The van der Waals surface area contributed by atoms with Crippen molar-refractivity contribution in [2.45, 2.75) is 6.54 Å². The van der Waals surface area contributed by atoms with Crippen molar-refractivity contribution in [3.63, 3.8) is 0 Å². The Morgan fingerprint density at radius 3 is 2.18 bits per heavy atom. The second-order valence-electron chi connectivity index (χ2n) is 5.53. The third kappa shape index (κ3) is 3.81. The van der Waals surface area contributed by atoms with Gasteiger partial charge in [0.1, 0.15) is 0 Å². The third-order valence-electron chi connectivity index (χ3n) is 3.68. The highest BCUT2D eigenvalue weighted by Gasteiger charge is 2.26. The van der Waals surface area contributed by atoms with Crippen molar-refractivity contribution in [1.82, 2.24) is 9.78 Å². The molecule has 0 atom stereocenters. The van der Waals surface area contributed by atoms with E-state index in [1.165, 1.54) is 30.5 Å². The fourth-order valence-electron chi connectivity index (χ4n) is 2.32. The van der Waals surface area contributed by atoms with Gasteiger partial charge in [-0.25, -0.2) is 22.0 Å². The first-order valence-electron chi connectivity index (χ1n) is 7.49. The van der Waals surface area contributed by atoms with Crippen LogP contribution in [0.2, 0.25) is 10.0 Å². The first-order valence-corrected chi connectivity index (χ1v) is 8.24. The minimum absolute atomic E-state index is 0.0279. The van der Waals surface area contributed by atoms with Gasteiger partial charge in [-0.15, -0.1) is 0 Å². The number of benzene rings is 2. The summed E-state index contributed by atoms with van der Waals surface area (Å²) in [6.45, 7) is -0.747. The number of hydrogen-bond donors (Lipinski definition) is 1. The molecular weight excluding hydrogens is 428 g/mol. The Balaban J connectivity index is 1.81. The molecule has 0 fully saturated rings. The first kappa shape index (κ1) is 20.1. The highest BCUT2D eigenvalue weighted by molar-refractivity contribution is 6.37. The van der Waals surface area contributed by atoms with E-state index >= 15 is 0 Å². The van der Waals surface area contributed by atoms with Crippen LogP contribution < -0.4 is 5.32 Å². The lowest BCUT2D eigenvalue weighted by molar-refractivity contribution is 0.102. The number of carbonyl (C=O) groups excluding carboxylic acids is 1. The number of rotatable bonds is 4. The molecule has 0 aliphatic heterocycles. The standard InChI is InChI=1S/C17H8Cl2F5N3O/c18-7-1-2-8(10(19)5-7)17(28)25-11-3-4-27(26-11)6-9-12(20)14(22)16(24)15(23)13(9)21/h1-5H,6H2,(H,25,26,28). The highest BCUT2D eigenvalue weighted by Crippen LogP contribution is 2.24. The second-order valence-corrected chi connectivity index (χ2v) is 6.37. The lowest BCUT2D eigenvalue weighted by Gasteiger charge is -2.08. The van der Waals surface area contributed by atoms with E-state index in [9.17, 15) is 26.7 Å². The van der Waals surface area contributed by atoms with Crippen molar-refractivity contribution in [3.05, 3.63) is 80.7 Å². The van der Waals surface area contributed by atoms with Crippen molar-refractivity contribution < 1.29 is 26.7 Å². The quantitative estimate of drug-likeness (QED) is 0.348. The summed E-state index contributed by atoms with van der Waals surface area (Å²) in [6, 6.07) is 5.46. The van der Waals surface area contributed by atoms with Gasteiger partial charge in [0.2, 0.25) is 5.82 Å². The topological polar surface area (TPSA) is 46.9 Å². The normalized spacial score (nSPS) is 11.0. The maximum atomic E-state index is 13.7. The van der Waals surface area contributed by atoms with E-state index in [4.69, 9.17) is 23.2 Å². The van der Waals surface area contributed by atoms with E-state index in [2.05, 4.69) is 10.4 Å². The minimum Gasteiger partial charge on any atom is -0.305 e. The number of amides is 1. The van der Waals surface area contributed by atoms with Crippen molar-refractivity contribution in [1.29, 1.82) is 0 Å². The van der Waals surface area contributed by atoms with Gasteiger partial charge in [-0.3, -0.25) is 9.48 Å². The molecule has 1 amide bonds. The molecule has 1 heterocycles. The molecule has 0 spiro atoms. The molecule has 3 aromatic rings. The lowest BCUT2D eigenvalue weighted by atomic mass is 10.1. The summed E-state index contributed by atoms with van der Waals surface area (Å²) >= 11 is 11.7. The number of nitrogens with one attached hydrogen (secondary N) is 1. The van der Waals surface area contributed by atoms with E-state index in [0.717, 1.165) is 4.68 Å². The van der Waals surface area contributed by atoms with Crippen LogP contribution in [-0.2, 0) is 6.54 Å². The zero-order valence-electron chi connectivity index (χ0n) is 13.5. The van der Waals surface area contributed by atoms with Gasteiger partial charge in [0.25, 0.3) is 5.91 Å². The molecule has 28 heavy (non-hydrogen) atoms. The number of halogens is 7. The minimum atomic E-state index is -2.24. The average molecular weight is 436 g/mol. The van der Waals surface area contributed by atoms with Crippen LogP contribution in [-0.4, -0.2) is 15.7 Å². The maximum Gasteiger partial charge on any atom is 0.258 e. The summed E-state index contributed by atoms with van der Waals surface area (Å²) in [7, 11) is 0. The monoisotopic (exact) mass is 435 g/mol. The molecule has 2 aromatic carbocycles. The molecule has 4 nitrogen and oxygen atoms in total. The highest BCUT2D eigenvalue weighted by atomic mass is 35.5. The van der Waals surface area contributed by atoms with Crippen LogP contribution in [0.5, 0.6) is 0 Å². The number of carbonyl (C=O) groups is 1. The SMILES string of the molecule is O=C(Nc1ccn(Cc2c(F)c(F)c(F)c(F)c2F)n1)c1ccc(Cl)cc1Cl. The van der Waals surface area contributed by atoms with Crippen molar-refractivity contribution >= 4 is 34.9 Å². The molecule has 0 saturated heterocycles. The fraction of sp³-hybridized carbons (Fsp3) is 0.0588. The Labute approximate surface area is 164 Å². The van der Waals surface area contributed by atoms with Crippen molar-refractivity contribution in [2.24, 2.45) is 0 Å². The molecular formula is C17H8Cl2F5N3O. The van der Waals surface area contributed by atoms with Gasteiger partial charge in [-0.2, -0.15) is 5.10 Å².